The second kappa shape index (κ2) is 8.52. The smallest absolute Gasteiger partial charge is 0.220 e. The lowest BCUT2D eigenvalue weighted by atomic mass is 9.94. The molecule has 0 aromatic rings. The van der Waals surface area contributed by atoms with E-state index in [4.69, 9.17) is 5.73 Å². The average Bonchev–Trinajstić information content (AvgIpc) is 3.05. The molecule has 3 heteroatoms. The molecule has 3 atom stereocenters. The van der Waals surface area contributed by atoms with E-state index in [-0.39, 0.29) is 5.91 Å². The van der Waals surface area contributed by atoms with Crippen LogP contribution in [-0.2, 0) is 4.79 Å². The molecule has 18 heavy (non-hydrogen) atoms. The summed E-state index contributed by atoms with van der Waals surface area (Å²) in [6, 6.07) is 0.483. The molecule has 0 aliphatic heterocycles. The Hall–Kier alpha value is -0.570. The van der Waals surface area contributed by atoms with Gasteiger partial charge in [0.15, 0.2) is 0 Å². The molecule has 3 nitrogen and oxygen atoms in total. The summed E-state index contributed by atoms with van der Waals surface area (Å²) < 4.78 is 0. The van der Waals surface area contributed by atoms with Crippen molar-refractivity contribution in [2.24, 2.45) is 17.6 Å². The Morgan fingerprint density at radius 1 is 1.28 bits per heavy atom. The summed E-state index contributed by atoms with van der Waals surface area (Å²) in [5, 5.41) is 3.16. The van der Waals surface area contributed by atoms with Crippen molar-refractivity contribution in [3.05, 3.63) is 0 Å². The second-order valence-corrected chi connectivity index (χ2v) is 5.73. The predicted octanol–water partition coefficient (Wildman–Crippen LogP) is 2.84. The van der Waals surface area contributed by atoms with Crippen LogP contribution in [0.4, 0.5) is 0 Å². The molecule has 3 unspecified atom stereocenters. The molecule has 1 aliphatic rings. The molecule has 0 radical (unpaired) electrons. The van der Waals surface area contributed by atoms with Crippen LogP contribution in [0.5, 0.6) is 0 Å². The van der Waals surface area contributed by atoms with Gasteiger partial charge in [0.25, 0.3) is 0 Å². The molecule has 3 N–H and O–H groups in total. The first-order valence-electron chi connectivity index (χ1n) is 7.70. The maximum Gasteiger partial charge on any atom is 0.220 e. The summed E-state index contributed by atoms with van der Waals surface area (Å²) in [5.41, 5.74) is 5.61. The van der Waals surface area contributed by atoms with Crippen LogP contribution >= 0.6 is 0 Å². The fourth-order valence-corrected chi connectivity index (χ4v) is 2.81. The molecule has 0 bridgehead atoms. The topological polar surface area (TPSA) is 55.1 Å². The van der Waals surface area contributed by atoms with E-state index in [0.29, 0.717) is 18.4 Å². The number of hydrogen-bond donors (Lipinski definition) is 2. The summed E-state index contributed by atoms with van der Waals surface area (Å²) >= 11 is 0. The molecular formula is C15H30N2O. The summed E-state index contributed by atoms with van der Waals surface area (Å²) in [4.78, 5) is 11.8. The molecule has 0 spiro atoms. The zero-order valence-electron chi connectivity index (χ0n) is 12.1. The van der Waals surface area contributed by atoms with Gasteiger partial charge in [-0.1, -0.05) is 33.1 Å². The lowest BCUT2D eigenvalue weighted by molar-refractivity contribution is -0.121. The van der Waals surface area contributed by atoms with E-state index in [2.05, 4.69) is 19.2 Å². The molecule has 1 rings (SSSR count). The van der Waals surface area contributed by atoms with Crippen LogP contribution in [0.3, 0.4) is 0 Å². The van der Waals surface area contributed by atoms with Crippen molar-refractivity contribution in [1.29, 1.82) is 0 Å². The average molecular weight is 254 g/mol. The van der Waals surface area contributed by atoms with Crippen LogP contribution in [0.2, 0.25) is 0 Å². The molecule has 1 amide bonds. The predicted molar refractivity (Wildman–Crippen MR) is 76.2 cm³/mol. The van der Waals surface area contributed by atoms with Crippen molar-refractivity contribution < 1.29 is 4.79 Å². The Balaban J connectivity index is 2.12. The van der Waals surface area contributed by atoms with Crippen molar-refractivity contribution in [3.8, 4) is 0 Å². The molecule has 1 fully saturated rings. The molecule has 1 aliphatic carbocycles. The van der Waals surface area contributed by atoms with Gasteiger partial charge >= 0.3 is 0 Å². The molecule has 0 saturated heterocycles. The number of rotatable bonds is 10. The third-order valence-electron chi connectivity index (χ3n) is 3.98. The van der Waals surface area contributed by atoms with Crippen molar-refractivity contribution in [2.75, 3.05) is 6.54 Å². The van der Waals surface area contributed by atoms with Gasteiger partial charge in [0, 0.05) is 12.5 Å². The van der Waals surface area contributed by atoms with E-state index in [1.807, 2.05) is 0 Å². The highest BCUT2D eigenvalue weighted by Gasteiger charge is 2.36. The number of nitrogens with one attached hydrogen (secondary N) is 1. The highest BCUT2D eigenvalue weighted by Crippen LogP contribution is 2.34. The number of carbonyl (C=O) groups is 1. The van der Waals surface area contributed by atoms with Crippen LogP contribution in [-0.4, -0.2) is 18.5 Å². The summed E-state index contributed by atoms with van der Waals surface area (Å²) in [7, 11) is 0. The van der Waals surface area contributed by atoms with Gasteiger partial charge in [0.05, 0.1) is 0 Å². The maximum absolute atomic E-state index is 11.8. The van der Waals surface area contributed by atoms with Gasteiger partial charge in [-0.25, -0.2) is 0 Å². The molecule has 0 heterocycles. The van der Waals surface area contributed by atoms with Gasteiger partial charge in [-0.15, -0.1) is 0 Å². The Kier molecular flexibility index (Phi) is 7.33. The van der Waals surface area contributed by atoms with Crippen LogP contribution in [0.25, 0.3) is 0 Å². The Labute approximate surface area is 112 Å². The number of amides is 1. The van der Waals surface area contributed by atoms with Crippen LogP contribution in [0, 0.1) is 11.8 Å². The number of hydrogen-bond acceptors (Lipinski definition) is 2. The highest BCUT2D eigenvalue weighted by molar-refractivity contribution is 5.76. The Morgan fingerprint density at radius 2 is 2.06 bits per heavy atom. The van der Waals surface area contributed by atoms with E-state index in [1.54, 1.807) is 0 Å². The Bertz CT molecular complexity index is 237. The van der Waals surface area contributed by atoms with E-state index in [1.165, 1.54) is 32.1 Å². The first kappa shape index (κ1) is 15.5. The highest BCUT2D eigenvalue weighted by atomic mass is 16.1. The van der Waals surface area contributed by atoms with Gasteiger partial charge < -0.3 is 11.1 Å². The minimum Gasteiger partial charge on any atom is -0.353 e. The lowest BCUT2D eigenvalue weighted by Crippen LogP contribution is -2.27. The third kappa shape index (κ3) is 5.85. The van der Waals surface area contributed by atoms with Crippen molar-refractivity contribution in [1.82, 2.24) is 5.32 Å². The van der Waals surface area contributed by atoms with E-state index < -0.39 is 0 Å². The monoisotopic (exact) mass is 254 g/mol. The van der Waals surface area contributed by atoms with Gasteiger partial charge in [-0.3, -0.25) is 4.79 Å². The fourth-order valence-electron chi connectivity index (χ4n) is 2.81. The zero-order chi connectivity index (χ0) is 13.4. The van der Waals surface area contributed by atoms with Crippen molar-refractivity contribution in [2.45, 2.75) is 71.3 Å². The SMILES string of the molecule is CCCC(CCN)CCC(=O)NC1CC1CCC. The van der Waals surface area contributed by atoms with Crippen LogP contribution in [0.1, 0.15) is 65.2 Å². The van der Waals surface area contributed by atoms with E-state index >= 15 is 0 Å². The van der Waals surface area contributed by atoms with E-state index in [9.17, 15) is 4.79 Å². The van der Waals surface area contributed by atoms with Crippen LogP contribution < -0.4 is 11.1 Å². The van der Waals surface area contributed by atoms with Crippen molar-refractivity contribution in [3.63, 3.8) is 0 Å². The third-order valence-corrected chi connectivity index (χ3v) is 3.98. The van der Waals surface area contributed by atoms with Gasteiger partial charge in [-0.2, -0.15) is 0 Å². The first-order valence-corrected chi connectivity index (χ1v) is 7.70. The zero-order valence-corrected chi connectivity index (χ0v) is 12.1. The quantitative estimate of drug-likeness (QED) is 0.630. The summed E-state index contributed by atoms with van der Waals surface area (Å²) in [5.74, 6) is 1.64. The minimum absolute atomic E-state index is 0.247. The van der Waals surface area contributed by atoms with Gasteiger partial charge in [0.1, 0.15) is 0 Å². The lowest BCUT2D eigenvalue weighted by Gasteiger charge is -2.14. The maximum atomic E-state index is 11.8. The van der Waals surface area contributed by atoms with Gasteiger partial charge in [0.2, 0.25) is 5.91 Å². The molecule has 0 aromatic heterocycles. The molecular weight excluding hydrogens is 224 g/mol. The van der Waals surface area contributed by atoms with Gasteiger partial charge in [-0.05, 0) is 44.1 Å². The standard InChI is InChI=1S/C15H30N2O/c1-3-5-12(9-10-16)7-8-15(18)17-14-11-13(14)6-4-2/h12-14H,3-11,16H2,1-2H3,(H,17,18). The Morgan fingerprint density at radius 3 is 2.67 bits per heavy atom. The first-order chi connectivity index (χ1) is 8.71. The van der Waals surface area contributed by atoms with Crippen molar-refractivity contribution >= 4 is 5.91 Å². The minimum atomic E-state index is 0.247. The van der Waals surface area contributed by atoms with E-state index in [0.717, 1.165) is 25.3 Å². The molecule has 0 aromatic carbocycles. The van der Waals surface area contributed by atoms with Crippen LogP contribution in [0.15, 0.2) is 0 Å². The second-order valence-electron chi connectivity index (χ2n) is 5.73. The number of nitrogens with two attached hydrogens (primary N) is 1. The molecule has 106 valence electrons. The number of carbonyl (C=O) groups excluding carboxylic acids is 1. The summed E-state index contributed by atoms with van der Waals surface area (Å²) in [6.07, 6.45) is 8.81. The largest absolute Gasteiger partial charge is 0.353 e. The summed E-state index contributed by atoms with van der Waals surface area (Å²) in [6.45, 7) is 5.15. The fraction of sp³-hybridized carbons (Fsp3) is 0.933. The molecule has 1 saturated carbocycles. The normalized spacial score (nSPS) is 23.7.